The summed E-state index contributed by atoms with van der Waals surface area (Å²) in [5, 5.41) is 19.2. The van der Waals surface area contributed by atoms with E-state index in [4.69, 9.17) is 14.7 Å². The number of ether oxygens (including phenoxy) is 2. The summed E-state index contributed by atoms with van der Waals surface area (Å²) in [6, 6.07) is 10.6. The number of hydrogen-bond acceptors (Lipinski definition) is 8. The van der Waals surface area contributed by atoms with Gasteiger partial charge in [0.2, 0.25) is 0 Å². The summed E-state index contributed by atoms with van der Waals surface area (Å²) in [5.74, 6) is 2.56. The second kappa shape index (κ2) is 9.66. The summed E-state index contributed by atoms with van der Waals surface area (Å²) >= 11 is 0. The van der Waals surface area contributed by atoms with Gasteiger partial charge in [-0.2, -0.15) is 10.4 Å². The fourth-order valence-corrected chi connectivity index (χ4v) is 4.00. The predicted molar refractivity (Wildman–Crippen MR) is 121 cm³/mol. The SMILES string of the molecule is COc1cc(OC[C@@H]2CCCN2C(C)C)ccc1-c1cc(Nc2cnc(C#N)cn2)n[nH]1. The van der Waals surface area contributed by atoms with Gasteiger partial charge >= 0.3 is 0 Å². The van der Waals surface area contributed by atoms with Gasteiger partial charge in [-0.15, -0.1) is 0 Å². The molecule has 1 atom stereocenters. The summed E-state index contributed by atoms with van der Waals surface area (Å²) in [7, 11) is 1.64. The molecule has 1 saturated heterocycles. The molecule has 0 spiro atoms. The molecule has 9 heteroatoms. The molecule has 1 aliphatic heterocycles. The van der Waals surface area contributed by atoms with Crippen molar-refractivity contribution in [2.24, 2.45) is 0 Å². The Morgan fingerprint density at radius 2 is 2.12 bits per heavy atom. The number of hydrogen-bond donors (Lipinski definition) is 2. The highest BCUT2D eigenvalue weighted by molar-refractivity contribution is 5.71. The molecule has 1 fully saturated rings. The highest BCUT2D eigenvalue weighted by Crippen LogP contribution is 2.34. The number of anilines is 2. The lowest BCUT2D eigenvalue weighted by Gasteiger charge is -2.28. The number of nitriles is 1. The van der Waals surface area contributed by atoms with Gasteiger partial charge in [-0.05, 0) is 45.4 Å². The van der Waals surface area contributed by atoms with E-state index in [1.807, 2.05) is 30.3 Å². The lowest BCUT2D eigenvalue weighted by molar-refractivity contribution is 0.144. The summed E-state index contributed by atoms with van der Waals surface area (Å²) in [4.78, 5) is 10.6. The molecular weight excluding hydrogens is 406 g/mol. The van der Waals surface area contributed by atoms with Crippen LogP contribution in [0, 0.1) is 11.3 Å². The lowest BCUT2D eigenvalue weighted by Crippen LogP contribution is -2.39. The van der Waals surface area contributed by atoms with Crippen molar-refractivity contribution in [1.82, 2.24) is 25.1 Å². The molecule has 0 unspecified atom stereocenters. The van der Waals surface area contributed by atoms with Gasteiger partial charge in [0.15, 0.2) is 11.5 Å². The average Bonchev–Trinajstić information content (AvgIpc) is 3.47. The molecule has 2 N–H and O–H groups in total. The zero-order chi connectivity index (χ0) is 22.5. The Kier molecular flexibility index (Phi) is 6.52. The van der Waals surface area contributed by atoms with Crippen LogP contribution in [-0.2, 0) is 0 Å². The quantitative estimate of drug-likeness (QED) is 0.552. The maximum atomic E-state index is 8.83. The molecule has 0 radical (unpaired) electrons. The van der Waals surface area contributed by atoms with E-state index < -0.39 is 0 Å². The van der Waals surface area contributed by atoms with Crippen LogP contribution in [0.5, 0.6) is 11.5 Å². The van der Waals surface area contributed by atoms with Crippen molar-refractivity contribution in [2.45, 2.75) is 38.8 Å². The van der Waals surface area contributed by atoms with Crippen LogP contribution in [0.3, 0.4) is 0 Å². The van der Waals surface area contributed by atoms with E-state index >= 15 is 0 Å². The van der Waals surface area contributed by atoms with E-state index in [2.05, 4.69) is 44.2 Å². The van der Waals surface area contributed by atoms with E-state index in [0.29, 0.717) is 36.1 Å². The first-order chi connectivity index (χ1) is 15.6. The van der Waals surface area contributed by atoms with Crippen molar-refractivity contribution in [3.05, 3.63) is 42.4 Å². The molecule has 4 rings (SSSR count). The first kappa shape index (κ1) is 21.6. The van der Waals surface area contributed by atoms with Crippen molar-refractivity contribution < 1.29 is 9.47 Å². The smallest absolute Gasteiger partial charge is 0.158 e. The molecule has 0 aliphatic carbocycles. The van der Waals surface area contributed by atoms with Gasteiger partial charge in [0.1, 0.15) is 30.0 Å². The maximum Gasteiger partial charge on any atom is 0.158 e. The lowest BCUT2D eigenvalue weighted by atomic mass is 10.1. The molecule has 2 aromatic heterocycles. The Hall–Kier alpha value is -3.64. The number of H-pyrrole nitrogens is 1. The number of methoxy groups -OCH3 is 1. The van der Waals surface area contributed by atoms with E-state index in [1.54, 1.807) is 7.11 Å². The van der Waals surface area contributed by atoms with Gasteiger partial charge in [0.25, 0.3) is 0 Å². The largest absolute Gasteiger partial charge is 0.496 e. The first-order valence-corrected chi connectivity index (χ1v) is 10.7. The van der Waals surface area contributed by atoms with Crippen LogP contribution in [0.2, 0.25) is 0 Å². The number of nitrogens with zero attached hydrogens (tertiary/aromatic N) is 5. The van der Waals surface area contributed by atoms with Crippen molar-refractivity contribution in [3.8, 4) is 28.8 Å². The number of nitrogens with one attached hydrogen (secondary N) is 2. The Morgan fingerprint density at radius 3 is 2.84 bits per heavy atom. The number of benzene rings is 1. The average molecular weight is 434 g/mol. The molecule has 1 aromatic carbocycles. The van der Waals surface area contributed by atoms with Crippen LogP contribution in [0.1, 0.15) is 32.4 Å². The topological polar surface area (TPSA) is 112 Å². The second-order valence-corrected chi connectivity index (χ2v) is 7.99. The monoisotopic (exact) mass is 433 g/mol. The summed E-state index contributed by atoms with van der Waals surface area (Å²) < 4.78 is 11.7. The molecule has 1 aliphatic rings. The summed E-state index contributed by atoms with van der Waals surface area (Å²) in [6.07, 6.45) is 5.29. The molecule has 166 valence electrons. The standard InChI is InChI=1S/C23H27N7O2/c1-15(2)30-8-4-5-17(30)14-32-18-6-7-19(21(9-18)31-3)20-10-22(29-28-20)27-23-13-25-16(11-24)12-26-23/h6-7,9-10,12-13,15,17H,4-5,8,14H2,1-3H3,(H2,26,27,28,29)/t17-/m0/s1. The summed E-state index contributed by atoms with van der Waals surface area (Å²) in [6.45, 7) is 6.28. The van der Waals surface area contributed by atoms with Crippen LogP contribution in [0.4, 0.5) is 11.6 Å². The van der Waals surface area contributed by atoms with Crippen LogP contribution >= 0.6 is 0 Å². The number of aromatic amines is 1. The maximum absolute atomic E-state index is 8.83. The minimum atomic E-state index is 0.259. The zero-order valence-electron chi connectivity index (χ0n) is 18.5. The van der Waals surface area contributed by atoms with Crippen LogP contribution in [0.25, 0.3) is 11.3 Å². The zero-order valence-corrected chi connectivity index (χ0v) is 18.5. The molecule has 0 amide bonds. The molecule has 0 saturated carbocycles. The number of aromatic nitrogens is 4. The van der Waals surface area contributed by atoms with Gasteiger partial charge in [0.05, 0.1) is 25.2 Å². The van der Waals surface area contributed by atoms with E-state index in [-0.39, 0.29) is 5.69 Å². The predicted octanol–water partition coefficient (Wildman–Crippen LogP) is 3.74. The van der Waals surface area contributed by atoms with Gasteiger partial charge in [0, 0.05) is 29.8 Å². The van der Waals surface area contributed by atoms with Crippen molar-refractivity contribution in [3.63, 3.8) is 0 Å². The van der Waals surface area contributed by atoms with Crippen molar-refractivity contribution in [1.29, 1.82) is 5.26 Å². The van der Waals surface area contributed by atoms with Gasteiger partial charge in [-0.3, -0.25) is 10.00 Å². The third-order valence-corrected chi connectivity index (χ3v) is 5.59. The fraction of sp³-hybridized carbons (Fsp3) is 0.391. The Labute approximate surface area is 187 Å². The third kappa shape index (κ3) is 4.81. The highest BCUT2D eigenvalue weighted by Gasteiger charge is 2.27. The number of rotatable bonds is 8. The molecule has 9 nitrogen and oxygen atoms in total. The molecule has 0 bridgehead atoms. The first-order valence-electron chi connectivity index (χ1n) is 10.7. The Balaban J connectivity index is 1.44. The van der Waals surface area contributed by atoms with Gasteiger partial charge in [-0.1, -0.05) is 0 Å². The summed E-state index contributed by atoms with van der Waals surface area (Å²) in [5.41, 5.74) is 1.92. The van der Waals surface area contributed by atoms with Crippen LogP contribution < -0.4 is 14.8 Å². The van der Waals surface area contributed by atoms with Crippen LogP contribution in [0.15, 0.2) is 36.7 Å². The Bertz CT molecular complexity index is 1090. The van der Waals surface area contributed by atoms with E-state index in [0.717, 1.165) is 23.6 Å². The minimum absolute atomic E-state index is 0.259. The van der Waals surface area contributed by atoms with E-state index in [9.17, 15) is 0 Å². The molecule has 32 heavy (non-hydrogen) atoms. The molecule has 3 heterocycles. The fourth-order valence-electron chi connectivity index (χ4n) is 4.00. The van der Waals surface area contributed by atoms with Crippen LogP contribution in [-0.4, -0.2) is 57.4 Å². The number of likely N-dealkylation sites (tertiary alicyclic amines) is 1. The third-order valence-electron chi connectivity index (χ3n) is 5.59. The normalized spacial score (nSPS) is 16.2. The van der Waals surface area contributed by atoms with Gasteiger partial charge < -0.3 is 14.8 Å². The Morgan fingerprint density at radius 1 is 1.25 bits per heavy atom. The second-order valence-electron chi connectivity index (χ2n) is 7.99. The molecular formula is C23H27N7O2. The van der Waals surface area contributed by atoms with E-state index in [1.165, 1.54) is 25.2 Å². The van der Waals surface area contributed by atoms with Crippen molar-refractivity contribution >= 4 is 11.6 Å². The highest BCUT2D eigenvalue weighted by atomic mass is 16.5. The minimum Gasteiger partial charge on any atom is -0.496 e. The van der Waals surface area contributed by atoms with Gasteiger partial charge in [-0.25, -0.2) is 9.97 Å². The molecule has 3 aromatic rings. The van der Waals surface area contributed by atoms with Crippen molar-refractivity contribution in [2.75, 3.05) is 25.6 Å².